The Morgan fingerprint density at radius 1 is 1.22 bits per heavy atom. The zero-order valence-corrected chi connectivity index (χ0v) is 19.9. The largest absolute Gasteiger partial charge is 0.493 e. The van der Waals surface area contributed by atoms with Crippen LogP contribution < -0.4 is 20.7 Å². The van der Waals surface area contributed by atoms with Gasteiger partial charge in [-0.15, -0.1) is 11.3 Å². The summed E-state index contributed by atoms with van der Waals surface area (Å²) in [6.07, 6.45) is 3.26. The van der Waals surface area contributed by atoms with Gasteiger partial charge in [-0.2, -0.15) is 0 Å². The molecule has 0 fully saturated rings. The first-order valence-electron chi connectivity index (χ1n) is 10.3. The highest BCUT2D eigenvalue weighted by molar-refractivity contribution is 7.13. The van der Waals surface area contributed by atoms with E-state index in [1.54, 1.807) is 30.6 Å². The van der Waals surface area contributed by atoms with Gasteiger partial charge in [0.2, 0.25) is 0 Å². The highest BCUT2D eigenvalue weighted by atomic mass is 35.5. The smallest absolute Gasteiger partial charge is 0.346 e. The molecule has 182 valence electrons. The number of H-pyrrole nitrogens is 1. The van der Waals surface area contributed by atoms with E-state index >= 15 is 4.39 Å². The molecule has 2 aromatic carbocycles. The number of ether oxygens (including phenoxy) is 2. The average Bonchev–Trinajstić information content (AvgIpc) is 3.29. The Labute approximate surface area is 209 Å². The van der Waals surface area contributed by atoms with Gasteiger partial charge in [-0.3, -0.25) is 9.78 Å². The lowest BCUT2D eigenvalue weighted by Crippen LogP contribution is -2.34. The molecule has 5 rings (SSSR count). The van der Waals surface area contributed by atoms with Crippen LogP contribution in [0, 0.1) is 5.82 Å². The Morgan fingerprint density at radius 3 is 2.78 bits per heavy atom. The standard InChI is InChI=1S/C24H15ClFN3O6S/c1-34-18-6-15(26)17(29-22(30)20-16(28-24(29)33)10-36-21(20)23(31)32)7-19(18)35-9-11-2-3-14(25)12-4-5-27-8-13(11)12/h2-8,10H,9H2,1H3,(H,28,33)(H,31,32). The number of nitrogens with one attached hydrogen (secondary N) is 1. The zero-order valence-electron chi connectivity index (χ0n) is 18.4. The topological polar surface area (TPSA) is 124 Å². The van der Waals surface area contributed by atoms with E-state index in [1.165, 1.54) is 12.5 Å². The van der Waals surface area contributed by atoms with Gasteiger partial charge in [-0.25, -0.2) is 18.5 Å². The summed E-state index contributed by atoms with van der Waals surface area (Å²) in [6.45, 7) is 0.0127. The van der Waals surface area contributed by atoms with E-state index < -0.39 is 28.7 Å². The van der Waals surface area contributed by atoms with Crippen LogP contribution in [0.4, 0.5) is 4.39 Å². The molecule has 3 aromatic heterocycles. The first kappa shape index (κ1) is 23.5. The summed E-state index contributed by atoms with van der Waals surface area (Å²) in [7, 11) is 1.32. The summed E-state index contributed by atoms with van der Waals surface area (Å²) in [6, 6.07) is 7.37. The lowest BCUT2D eigenvalue weighted by Gasteiger charge is -2.15. The molecular formula is C24H15ClFN3O6S. The van der Waals surface area contributed by atoms with Crippen molar-refractivity contribution >= 4 is 50.6 Å². The number of fused-ring (bicyclic) bond motifs is 2. The number of hydrogen-bond donors (Lipinski definition) is 2. The van der Waals surface area contributed by atoms with Crippen molar-refractivity contribution in [2.45, 2.75) is 6.61 Å². The molecule has 3 heterocycles. The Morgan fingerprint density at radius 2 is 2.03 bits per heavy atom. The van der Waals surface area contributed by atoms with Crippen molar-refractivity contribution in [2.75, 3.05) is 7.11 Å². The average molecular weight is 528 g/mol. The molecule has 9 nitrogen and oxygen atoms in total. The van der Waals surface area contributed by atoms with Crippen LogP contribution in [0.25, 0.3) is 27.4 Å². The molecule has 36 heavy (non-hydrogen) atoms. The molecule has 0 amide bonds. The van der Waals surface area contributed by atoms with E-state index in [1.807, 2.05) is 0 Å². The Bertz CT molecular complexity index is 1800. The number of thiophene rings is 1. The molecule has 5 aromatic rings. The van der Waals surface area contributed by atoms with Crippen molar-refractivity contribution in [3.63, 3.8) is 0 Å². The molecule has 0 aliphatic carbocycles. The minimum absolute atomic E-state index is 0.0127. The van der Waals surface area contributed by atoms with Gasteiger partial charge in [0, 0.05) is 45.7 Å². The van der Waals surface area contributed by atoms with Gasteiger partial charge in [-0.1, -0.05) is 17.7 Å². The summed E-state index contributed by atoms with van der Waals surface area (Å²) >= 11 is 7.04. The van der Waals surface area contributed by atoms with Crippen molar-refractivity contribution in [1.82, 2.24) is 14.5 Å². The maximum Gasteiger partial charge on any atom is 0.346 e. The maximum absolute atomic E-state index is 15.1. The lowest BCUT2D eigenvalue weighted by molar-refractivity contribution is 0.0704. The second kappa shape index (κ2) is 9.10. The minimum Gasteiger partial charge on any atom is -0.493 e. The van der Waals surface area contributed by atoms with Crippen molar-refractivity contribution in [1.29, 1.82) is 0 Å². The molecule has 0 radical (unpaired) electrons. The number of carbonyl (C=O) groups is 1. The molecule has 0 aliphatic heterocycles. The Hall–Kier alpha value is -4.22. The fourth-order valence-corrected chi connectivity index (χ4v) is 4.93. The van der Waals surface area contributed by atoms with Crippen LogP contribution in [0.15, 0.2) is 57.7 Å². The summed E-state index contributed by atoms with van der Waals surface area (Å²) in [5.41, 5.74) is -1.55. The normalized spacial score (nSPS) is 11.2. The van der Waals surface area contributed by atoms with Crippen molar-refractivity contribution < 1.29 is 23.8 Å². The van der Waals surface area contributed by atoms with E-state index in [0.717, 1.165) is 39.8 Å². The Kier molecular flexibility index (Phi) is 5.94. The first-order chi connectivity index (χ1) is 17.3. The quantitative estimate of drug-likeness (QED) is 0.336. The van der Waals surface area contributed by atoms with Crippen LogP contribution in [0.3, 0.4) is 0 Å². The summed E-state index contributed by atoms with van der Waals surface area (Å²) < 4.78 is 26.8. The molecule has 0 aliphatic rings. The van der Waals surface area contributed by atoms with Crippen LogP contribution in [0.2, 0.25) is 5.02 Å². The molecule has 12 heteroatoms. The predicted molar refractivity (Wildman–Crippen MR) is 133 cm³/mol. The summed E-state index contributed by atoms with van der Waals surface area (Å²) in [4.78, 5) is 43.7. The molecule has 0 atom stereocenters. The molecule has 2 N–H and O–H groups in total. The summed E-state index contributed by atoms with van der Waals surface area (Å²) in [5.74, 6) is -2.20. The van der Waals surface area contributed by atoms with E-state index in [0.29, 0.717) is 9.59 Å². The third-order valence-corrected chi connectivity index (χ3v) is 6.86. The fraction of sp³-hybridized carbons (Fsp3) is 0.0833. The van der Waals surface area contributed by atoms with E-state index in [-0.39, 0.29) is 33.9 Å². The van der Waals surface area contributed by atoms with E-state index in [9.17, 15) is 19.5 Å². The van der Waals surface area contributed by atoms with Gasteiger partial charge in [0.1, 0.15) is 11.5 Å². The number of benzene rings is 2. The molecular weight excluding hydrogens is 513 g/mol. The zero-order chi connectivity index (χ0) is 25.6. The van der Waals surface area contributed by atoms with Crippen LogP contribution in [-0.2, 0) is 6.61 Å². The number of carboxylic acids is 1. The van der Waals surface area contributed by atoms with Gasteiger partial charge < -0.3 is 19.6 Å². The number of aromatic nitrogens is 3. The van der Waals surface area contributed by atoms with Crippen molar-refractivity contribution in [2.24, 2.45) is 0 Å². The third kappa shape index (κ3) is 3.88. The number of carboxylic acid groups (broad SMARTS) is 1. The van der Waals surface area contributed by atoms with E-state index in [2.05, 4.69) is 9.97 Å². The van der Waals surface area contributed by atoms with Crippen molar-refractivity contribution in [3.05, 3.63) is 90.2 Å². The van der Waals surface area contributed by atoms with Gasteiger partial charge in [-0.05, 0) is 17.7 Å². The fourth-order valence-electron chi connectivity index (χ4n) is 3.87. The molecule has 0 spiro atoms. The number of pyridine rings is 1. The van der Waals surface area contributed by atoms with Gasteiger partial charge in [0.05, 0.1) is 23.7 Å². The second-order valence-electron chi connectivity index (χ2n) is 7.60. The number of hydrogen-bond acceptors (Lipinski definition) is 7. The van der Waals surface area contributed by atoms with Gasteiger partial charge >= 0.3 is 11.7 Å². The van der Waals surface area contributed by atoms with Crippen LogP contribution in [-0.4, -0.2) is 32.7 Å². The van der Waals surface area contributed by atoms with Gasteiger partial charge in [0.25, 0.3) is 5.56 Å². The lowest BCUT2D eigenvalue weighted by atomic mass is 10.1. The maximum atomic E-state index is 15.1. The summed E-state index contributed by atoms with van der Waals surface area (Å²) in [5, 5.41) is 12.6. The van der Waals surface area contributed by atoms with Crippen LogP contribution in [0.5, 0.6) is 11.5 Å². The van der Waals surface area contributed by atoms with Crippen LogP contribution >= 0.6 is 22.9 Å². The minimum atomic E-state index is -1.34. The number of aromatic amines is 1. The first-order valence-corrected chi connectivity index (χ1v) is 11.6. The highest BCUT2D eigenvalue weighted by Crippen LogP contribution is 2.33. The second-order valence-corrected chi connectivity index (χ2v) is 8.89. The molecule has 0 saturated heterocycles. The molecule has 0 saturated carbocycles. The number of halogens is 2. The monoisotopic (exact) mass is 527 g/mol. The third-order valence-electron chi connectivity index (χ3n) is 5.56. The van der Waals surface area contributed by atoms with E-state index in [4.69, 9.17) is 21.1 Å². The highest BCUT2D eigenvalue weighted by Gasteiger charge is 2.22. The van der Waals surface area contributed by atoms with Crippen LogP contribution in [0.1, 0.15) is 15.2 Å². The number of rotatable bonds is 6. The number of methoxy groups -OCH3 is 1. The van der Waals surface area contributed by atoms with Crippen molar-refractivity contribution in [3.8, 4) is 17.2 Å². The molecule has 0 bridgehead atoms. The SMILES string of the molecule is COc1cc(F)c(-n2c(=O)[nH]c3csc(C(=O)O)c3c2=O)cc1OCc1ccc(Cl)c2ccncc12. The predicted octanol–water partition coefficient (Wildman–Crippen LogP) is 4.37. The number of aromatic carboxylic acids is 1. The van der Waals surface area contributed by atoms with Gasteiger partial charge in [0.15, 0.2) is 17.3 Å². The molecule has 0 unspecified atom stereocenters. The number of nitrogens with zero attached hydrogens (tertiary/aromatic N) is 2. The Balaban J connectivity index is 1.62.